The standard InChI is InChI=1S/C3H9IO4Si/c1-5-9(6-2,7-3)8-4/h1-3H3. The monoisotopic (exact) mass is 264 g/mol. The molecular weight excluding hydrogens is 255 g/mol. The molecule has 0 unspecified atom stereocenters. The van der Waals surface area contributed by atoms with Crippen LogP contribution in [0.1, 0.15) is 0 Å². The Labute approximate surface area is 69.6 Å². The van der Waals surface area contributed by atoms with Crippen LogP contribution in [0.5, 0.6) is 0 Å². The van der Waals surface area contributed by atoms with Crippen molar-refractivity contribution in [3.63, 3.8) is 0 Å². The van der Waals surface area contributed by atoms with E-state index in [1.54, 1.807) is 23.0 Å². The van der Waals surface area contributed by atoms with Gasteiger partial charge in [0.2, 0.25) is 0 Å². The van der Waals surface area contributed by atoms with E-state index in [4.69, 9.17) is 16.0 Å². The van der Waals surface area contributed by atoms with E-state index in [0.29, 0.717) is 0 Å². The highest BCUT2D eigenvalue weighted by molar-refractivity contribution is 14.1. The van der Waals surface area contributed by atoms with Crippen LogP contribution in [-0.2, 0) is 16.0 Å². The zero-order valence-corrected chi connectivity index (χ0v) is 8.67. The Hall–Kier alpha value is 0.787. The first kappa shape index (κ1) is 9.79. The second-order valence-electron chi connectivity index (χ2n) is 1.19. The third-order valence-electron chi connectivity index (χ3n) is 0.844. The molecule has 0 heterocycles. The Morgan fingerprint density at radius 2 is 1.33 bits per heavy atom. The van der Waals surface area contributed by atoms with Gasteiger partial charge in [-0.2, -0.15) is 0 Å². The minimum atomic E-state index is -2.70. The van der Waals surface area contributed by atoms with Gasteiger partial charge >= 0.3 is 9.05 Å². The van der Waals surface area contributed by atoms with Gasteiger partial charge in [0.15, 0.2) is 0 Å². The first-order valence-corrected chi connectivity index (χ1v) is 4.71. The summed E-state index contributed by atoms with van der Waals surface area (Å²) in [4.78, 5) is 0. The molecule has 0 aliphatic rings. The molecular formula is C3H9IO4Si. The smallest absolute Gasteiger partial charge is 0.354 e. The molecule has 0 aliphatic carbocycles. The van der Waals surface area contributed by atoms with Gasteiger partial charge in [0.05, 0.1) is 0 Å². The predicted octanol–water partition coefficient (Wildman–Crippen LogP) is 0.728. The molecule has 6 heteroatoms. The minimum Gasteiger partial charge on any atom is -0.354 e. The largest absolute Gasteiger partial charge is 0.688 e. The molecule has 0 aromatic heterocycles. The van der Waals surface area contributed by atoms with Crippen LogP contribution in [0.4, 0.5) is 0 Å². The Morgan fingerprint density at radius 1 is 1.00 bits per heavy atom. The van der Waals surface area contributed by atoms with E-state index in [1.807, 2.05) is 0 Å². The molecule has 0 atom stereocenters. The second kappa shape index (κ2) is 4.58. The molecule has 0 N–H and O–H groups in total. The van der Waals surface area contributed by atoms with Crippen molar-refractivity contribution in [1.82, 2.24) is 0 Å². The van der Waals surface area contributed by atoms with Crippen molar-refractivity contribution in [2.24, 2.45) is 0 Å². The fraction of sp³-hybridized carbons (Fsp3) is 1.00. The Balaban J connectivity index is 3.82. The maximum Gasteiger partial charge on any atom is 0.688 e. The molecule has 0 aromatic carbocycles. The molecule has 0 rings (SSSR count). The van der Waals surface area contributed by atoms with Crippen molar-refractivity contribution in [2.45, 2.75) is 0 Å². The topological polar surface area (TPSA) is 36.9 Å². The van der Waals surface area contributed by atoms with Gasteiger partial charge in [-0.3, -0.25) is 2.76 Å². The van der Waals surface area contributed by atoms with Crippen molar-refractivity contribution in [3.8, 4) is 0 Å². The molecule has 0 bridgehead atoms. The molecule has 0 radical (unpaired) electrons. The van der Waals surface area contributed by atoms with E-state index >= 15 is 0 Å². The summed E-state index contributed by atoms with van der Waals surface area (Å²) in [5.41, 5.74) is 0. The third-order valence-corrected chi connectivity index (χ3v) is 4.15. The minimum absolute atomic E-state index is 1.48. The molecule has 56 valence electrons. The fourth-order valence-electron chi connectivity index (χ4n) is 0.344. The van der Waals surface area contributed by atoms with Crippen LogP contribution >= 0.6 is 23.0 Å². The zero-order chi connectivity index (χ0) is 7.33. The summed E-state index contributed by atoms with van der Waals surface area (Å²) in [6.45, 7) is 0. The fourth-order valence-corrected chi connectivity index (χ4v) is 2.65. The maximum absolute atomic E-state index is 4.85. The van der Waals surface area contributed by atoms with Gasteiger partial charge in [-0.15, -0.1) is 0 Å². The van der Waals surface area contributed by atoms with E-state index in [-0.39, 0.29) is 0 Å². The van der Waals surface area contributed by atoms with Gasteiger partial charge in [0.25, 0.3) is 0 Å². The first-order chi connectivity index (χ1) is 4.24. The Kier molecular flexibility index (Phi) is 4.98. The SMILES string of the molecule is CO[Si](OC)(OC)OI. The van der Waals surface area contributed by atoms with Gasteiger partial charge in [0, 0.05) is 21.3 Å². The highest BCUT2D eigenvalue weighted by Crippen LogP contribution is 2.10. The third kappa shape index (κ3) is 2.48. The molecule has 0 aliphatic heterocycles. The molecule has 0 amide bonds. The van der Waals surface area contributed by atoms with Crippen molar-refractivity contribution in [3.05, 3.63) is 0 Å². The summed E-state index contributed by atoms with van der Waals surface area (Å²) >= 11 is 1.69. The Morgan fingerprint density at radius 3 is 1.33 bits per heavy atom. The average Bonchev–Trinajstić information content (AvgIpc) is 1.95. The molecule has 9 heavy (non-hydrogen) atoms. The van der Waals surface area contributed by atoms with E-state index in [9.17, 15) is 0 Å². The first-order valence-electron chi connectivity index (χ1n) is 2.20. The van der Waals surface area contributed by atoms with Gasteiger partial charge in [0.1, 0.15) is 23.0 Å². The summed E-state index contributed by atoms with van der Waals surface area (Å²) in [5.74, 6) is 0. The zero-order valence-electron chi connectivity index (χ0n) is 5.51. The molecule has 0 spiro atoms. The van der Waals surface area contributed by atoms with E-state index < -0.39 is 9.05 Å². The van der Waals surface area contributed by atoms with Crippen LogP contribution in [-0.4, -0.2) is 30.4 Å². The van der Waals surface area contributed by atoms with Crippen LogP contribution in [0.15, 0.2) is 0 Å². The van der Waals surface area contributed by atoms with E-state index in [0.717, 1.165) is 0 Å². The lowest BCUT2D eigenvalue weighted by atomic mass is 11.8. The van der Waals surface area contributed by atoms with Crippen molar-refractivity contribution in [2.75, 3.05) is 21.3 Å². The van der Waals surface area contributed by atoms with Crippen molar-refractivity contribution in [1.29, 1.82) is 0 Å². The lowest BCUT2D eigenvalue weighted by molar-refractivity contribution is 0.0669. The van der Waals surface area contributed by atoms with Gasteiger partial charge in [-0.05, 0) is 0 Å². The quantitative estimate of drug-likeness (QED) is 0.554. The van der Waals surface area contributed by atoms with Gasteiger partial charge in [-0.25, -0.2) is 0 Å². The lowest BCUT2D eigenvalue weighted by Gasteiger charge is -2.18. The van der Waals surface area contributed by atoms with Crippen LogP contribution < -0.4 is 0 Å². The normalized spacial score (nSPS) is 12.0. The summed E-state index contributed by atoms with van der Waals surface area (Å²) < 4.78 is 19.4. The van der Waals surface area contributed by atoms with Gasteiger partial charge < -0.3 is 13.3 Å². The summed E-state index contributed by atoms with van der Waals surface area (Å²) in [6.07, 6.45) is 0. The van der Waals surface area contributed by atoms with Crippen molar-refractivity contribution < 1.29 is 16.0 Å². The van der Waals surface area contributed by atoms with Gasteiger partial charge in [-0.1, -0.05) is 0 Å². The highest BCUT2D eigenvalue weighted by atomic mass is 127. The van der Waals surface area contributed by atoms with Crippen LogP contribution in [0.3, 0.4) is 0 Å². The summed E-state index contributed by atoms with van der Waals surface area (Å²) in [5, 5.41) is 0. The van der Waals surface area contributed by atoms with Crippen molar-refractivity contribution >= 4 is 32.1 Å². The maximum atomic E-state index is 4.85. The molecule has 0 fully saturated rings. The van der Waals surface area contributed by atoms with E-state index in [1.165, 1.54) is 21.3 Å². The van der Waals surface area contributed by atoms with Crippen LogP contribution in [0, 0.1) is 0 Å². The molecule has 4 nitrogen and oxygen atoms in total. The average molecular weight is 264 g/mol. The van der Waals surface area contributed by atoms with E-state index in [2.05, 4.69) is 0 Å². The summed E-state index contributed by atoms with van der Waals surface area (Å²) in [6, 6.07) is 0. The number of rotatable bonds is 4. The predicted molar refractivity (Wildman–Crippen MR) is 41.9 cm³/mol. The number of hydrogen-bond acceptors (Lipinski definition) is 4. The van der Waals surface area contributed by atoms with Crippen LogP contribution in [0.25, 0.3) is 0 Å². The summed E-state index contributed by atoms with van der Waals surface area (Å²) in [7, 11) is 1.75. The van der Waals surface area contributed by atoms with Crippen LogP contribution in [0.2, 0.25) is 0 Å². The number of halogens is 1. The Bertz CT molecular complexity index is 58.7. The lowest BCUT2D eigenvalue weighted by Crippen LogP contribution is -2.43. The highest BCUT2D eigenvalue weighted by Gasteiger charge is 2.41. The molecule has 0 saturated heterocycles. The number of hydrogen-bond donors (Lipinski definition) is 0. The molecule has 0 aromatic rings. The second-order valence-corrected chi connectivity index (χ2v) is 4.89. The molecule has 0 saturated carbocycles.